The van der Waals surface area contributed by atoms with Crippen LogP contribution < -0.4 is 5.32 Å². The molecule has 0 atom stereocenters. The zero-order valence-electron chi connectivity index (χ0n) is 12.5. The van der Waals surface area contributed by atoms with E-state index in [1.165, 1.54) is 11.8 Å². The average Bonchev–Trinajstić information content (AvgIpc) is 3.03. The van der Waals surface area contributed by atoms with Crippen molar-refractivity contribution in [2.24, 2.45) is 0 Å². The summed E-state index contributed by atoms with van der Waals surface area (Å²) in [6.07, 6.45) is 2.06. The van der Waals surface area contributed by atoms with E-state index in [-0.39, 0.29) is 5.54 Å². The maximum absolute atomic E-state index is 4.69. The predicted molar refractivity (Wildman–Crippen MR) is 84.9 cm³/mol. The molecule has 0 aliphatic rings. The molecule has 21 heavy (non-hydrogen) atoms. The highest BCUT2D eigenvalue weighted by molar-refractivity contribution is 7.99. The zero-order valence-corrected chi connectivity index (χ0v) is 14.1. The molecule has 112 valence electrons. The molecule has 0 saturated carbocycles. The summed E-state index contributed by atoms with van der Waals surface area (Å²) in [4.78, 5) is 10.0. The van der Waals surface area contributed by atoms with E-state index in [1.807, 2.05) is 12.3 Å². The maximum atomic E-state index is 4.69. The Morgan fingerprint density at radius 3 is 2.86 bits per heavy atom. The van der Waals surface area contributed by atoms with Crippen molar-refractivity contribution in [3.63, 3.8) is 0 Å². The van der Waals surface area contributed by atoms with E-state index in [0.29, 0.717) is 5.16 Å². The third kappa shape index (κ3) is 3.28. The van der Waals surface area contributed by atoms with Crippen molar-refractivity contribution < 1.29 is 0 Å². The lowest BCUT2D eigenvalue weighted by molar-refractivity contribution is 0.418. The van der Waals surface area contributed by atoms with Gasteiger partial charge in [0.25, 0.3) is 0 Å². The van der Waals surface area contributed by atoms with Crippen LogP contribution in [-0.2, 0) is 6.54 Å². The highest BCUT2D eigenvalue weighted by Gasteiger charge is 2.18. The molecule has 0 aliphatic carbocycles. The molecule has 0 spiro atoms. The molecule has 0 amide bonds. The second kappa shape index (κ2) is 5.43. The number of fused-ring (bicyclic) bond motifs is 1. The molecule has 0 fully saturated rings. The topological polar surface area (TPSA) is 70.9 Å². The molecule has 0 radical (unpaired) electrons. The van der Waals surface area contributed by atoms with Crippen LogP contribution in [0.1, 0.15) is 32.3 Å². The van der Waals surface area contributed by atoms with Gasteiger partial charge >= 0.3 is 0 Å². The minimum atomic E-state index is 0.0588. The molecule has 8 heteroatoms. The van der Waals surface area contributed by atoms with Crippen LogP contribution in [0.3, 0.4) is 0 Å². The maximum Gasteiger partial charge on any atom is 0.214 e. The van der Waals surface area contributed by atoms with E-state index < -0.39 is 0 Å². The van der Waals surface area contributed by atoms with E-state index in [9.17, 15) is 0 Å². The molecule has 3 rings (SSSR count). The third-order valence-electron chi connectivity index (χ3n) is 2.88. The zero-order chi connectivity index (χ0) is 15.0. The summed E-state index contributed by atoms with van der Waals surface area (Å²) in [5.74, 6) is 0.813. The fourth-order valence-electron chi connectivity index (χ4n) is 1.86. The predicted octanol–water partition coefficient (Wildman–Crippen LogP) is 2.86. The number of aromatic nitrogens is 5. The molecule has 0 saturated heterocycles. The monoisotopic (exact) mass is 322 g/mol. The van der Waals surface area contributed by atoms with Gasteiger partial charge in [-0.1, -0.05) is 0 Å². The van der Waals surface area contributed by atoms with Gasteiger partial charge in [-0.25, -0.2) is 9.97 Å². The number of imidazole rings is 1. The molecule has 0 aliphatic heterocycles. The van der Waals surface area contributed by atoms with Crippen LogP contribution in [0, 0.1) is 6.92 Å². The minimum Gasteiger partial charge on any atom is -0.306 e. The molecular formula is C13H18N6S2. The van der Waals surface area contributed by atoms with Crippen LogP contribution in [0.25, 0.3) is 4.96 Å². The quantitative estimate of drug-likeness (QED) is 0.773. The number of hydrogen-bond acceptors (Lipinski definition) is 6. The Morgan fingerprint density at radius 1 is 1.38 bits per heavy atom. The van der Waals surface area contributed by atoms with Crippen molar-refractivity contribution in [1.82, 2.24) is 29.9 Å². The minimum absolute atomic E-state index is 0.0588. The number of thiazole rings is 1. The lowest BCUT2D eigenvalue weighted by Crippen LogP contribution is -2.35. The van der Waals surface area contributed by atoms with Crippen molar-refractivity contribution in [3.8, 4) is 0 Å². The number of rotatable bonds is 4. The Kier molecular flexibility index (Phi) is 3.76. The molecule has 0 unspecified atom stereocenters. The van der Waals surface area contributed by atoms with E-state index >= 15 is 0 Å². The highest BCUT2D eigenvalue weighted by atomic mass is 32.2. The van der Waals surface area contributed by atoms with Gasteiger partial charge in [0.05, 0.1) is 5.69 Å². The summed E-state index contributed by atoms with van der Waals surface area (Å²) in [6.45, 7) is 9.12. The normalized spacial score (nSPS) is 12.4. The Morgan fingerprint density at radius 2 is 2.19 bits per heavy atom. The SMILES string of the molecule is Cc1nc(Sc2nc3sccn3c2CNC(C)(C)C)n[nH]1. The number of aromatic amines is 1. The molecule has 0 bridgehead atoms. The number of H-pyrrole nitrogens is 1. The first-order chi connectivity index (χ1) is 9.92. The lowest BCUT2D eigenvalue weighted by Gasteiger charge is -2.20. The second-order valence-electron chi connectivity index (χ2n) is 5.83. The van der Waals surface area contributed by atoms with E-state index in [1.54, 1.807) is 11.3 Å². The first-order valence-corrected chi connectivity index (χ1v) is 8.38. The van der Waals surface area contributed by atoms with E-state index in [2.05, 4.69) is 56.9 Å². The first kappa shape index (κ1) is 14.6. The van der Waals surface area contributed by atoms with E-state index in [4.69, 9.17) is 0 Å². The lowest BCUT2D eigenvalue weighted by atomic mass is 10.1. The Hall–Kier alpha value is -1.38. The van der Waals surface area contributed by atoms with Crippen molar-refractivity contribution in [2.75, 3.05) is 0 Å². The van der Waals surface area contributed by atoms with Crippen molar-refractivity contribution >= 4 is 28.1 Å². The Bertz CT molecular complexity index is 748. The molecule has 2 N–H and O–H groups in total. The van der Waals surface area contributed by atoms with Crippen molar-refractivity contribution in [2.45, 2.75) is 50.0 Å². The summed E-state index contributed by atoms with van der Waals surface area (Å²) in [5.41, 5.74) is 1.21. The van der Waals surface area contributed by atoms with Gasteiger partial charge in [-0.3, -0.25) is 9.50 Å². The van der Waals surface area contributed by atoms with Gasteiger partial charge in [0, 0.05) is 23.7 Å². The fourth-order valence-corrected chi connectivity index (χ4v) is 3.52. The second-order valence-corrected chi connectivity index (χ2v) is 7.66. The molecule has 0 aromatic carbocycles. The number of nitrogens with zero attached hydrogens (tertiary/aromatic N) is 4. The number of nitrogens with one attached hydrogen (secondary N) is 2. The third-order valence-corrected chi connectivity index (χ3v) is 4.52. The summed E-state index contributed by atoms with van der Waals surface area (Å²) in [6, 6.07) is 0. The first-order valence-electron chi connectivity index (χ1n) is 6.69. The van der Waals surface area contributed by atoms with Crippen LogP contribution in [0.5, 0.6) is 0 Å². The van der Waals surface area contributed by atoms with Crippen LogP contribution in [0.4, 0.5) is 0 Å². The summed E-state index contributed by atoms with van der Waals surface area (Å²) in [7, 11) is 0. The van der Waals surface area contributed by atoms with Gasteiger partial charge in [-0.05, 0) is 39.5 Å². The number of aryl methyl sites for hydroxylation is 1. The van der Waals surface area contributed by atoms with Crippen molar-refractivity contribution in [3.05, 3.63) is 23.1 Å². The van der Waals surface area contributed by atoms with Crippen LogP contribution in [0.15, 0.2) is 21.8 Å². The van der Waals surface area contributed by atoms with Gasteiger partial charge in [0.15, 0.2) is 4.96 Å². The molecular weight excluding hydrogens is 304 g/mol. The smallest absolute Gasteiger partial charge is 0.214 e. The Labute approximate surface area is 131 Å². The van der Waals surface area contributed by atoms with E-state index in [0.717, 1.165) is 28.0 Å². The summed E-state index contributed by atoms with van der Waals surface area (Å²) < 4.78 is 2.13. The fraction of sp³-hybridized carbons (Fsp3) is 0.462. The van der Waals surface area contributed by atoms with Gasteiger partial charge in [-0.15, -0.1) is 16.4 Å². The Balaban J connectivity index is 1.91. The van der Waals surface area contributed by atoms with Crippen LogP contribution >= 0.6 is 23.1 Å². The van der Waals surface area contributed by atoms with Gasteiger partial charge in [0.1, 0.15) is 10.9 Å². The van der Waals surface area contributed by atoms with Crippen molar-refractivity contribution in [1.29, 1.82) is 0 Å². The van der Waals surface area contributed by atoms with Gasteiger partial charge in [-0.2, -0.15) is 0 Å². The highest BCUT2D eigenvalue weighted by Crippen LogP contribution is 2.30. The largest absolute Gasteiger partial charge is 0.306 e. The molecule has 3 heterocycles. The average molecular weight is 322 g/mol. The molecule has 3 aromatic heterocycles. The summed E-state index contributed by atoms with van der Waals surface area (Å²) >= 11 is 3.13. The number of hydrogen-bond donors (Lipinski definition) is 2. The molecule has 3 aromatic rings. The molecule has 6 nitrogen and oxygen atoms in total. The van der Waals surface area contributed by atoms with Gasteiger partial charge in [0.2, 0.25) is 5.16 Å². The van der Waals surface area contributed by atoms with Crippen LogP contribution in [-0.4, -0.2) is 30.1 Å². The summed E-state index contributed by atoms with van der Waals surface area (Å²) in [5, 5.41) is 14.3. The van der Waals surface area contributed by atoms with Crippen LogP contribution in [0.2, 0.25) is 0 Å². The standard InChI is InChI=1S/C13H18N6S2/c1-8-15-11(18-17-8)21-10-9(7-14-13(2,3)4)19-5-6-20-12(19)16-10/h5-6,14H,7H2,1-4H3,(H,15,17,18). The van der Waals surface area contributed by atoms with Gasteiger partial charge < -0.3 is 5.32 Å².